The van der Waals surface area contributed by atoms with Crippen molar-refractivity contribution in [1.82, 2.24) is 0 Å². The Hall–Kier alpha value is -2.63. The van der Waals surface area contributed by atoms with Crippen LogP contribution in [0.25, 0.3) is 0 Å². The summed E-state index contributed by atoms with van der Waals surface area (Å²) in [6.07, 6.45) is 0. The summed E-state index contributed by atoms with van der Waals surface area (Å²) < 4.78 is 26.6. The number of rotatable bonds is 3. The predicted octanol–water partition coefficient (Wildman–Crippen LogP) is 2.87. The molecule has 2 aromatic carbocycles. The first kappa shape index (κ1) is 14.8. The third kappa shape index (κ3) is 3.10. The Morgan fingerprint density at radius 3 is 2.52 bits per heavy atom. The number of hydrogen-bond acceptors (Lipinski definition) is 3. The van der Waals surface area contributed by atoms with Gasteiger partial charge in [-0.1, -0.05) is 6.07 Å². The lowest BCUT2D eigenvalue weighted by molar-refractivity contribution is 0.102. The van der Waals surface area contributed by atoms with Gasteiger partial charge in [0.05, 0.1) is 17.1 Å². The third-order valence-electron chi connectivity index (χ3n) is 2.97. The van der Waals surface area contributed by atoms with Crippen molar-refractivity contribution in [2.75, 3.05) is 30.0 Å². The molecule has 4 nitrogen and oxygen atoms in total. The Morgan fingerprint density at radius 2 is 1.90 bits per heavy atom. The lowest BCUT2D eigenvalue weighted by Crippen LogP contribution is -2.15. The summed E-state index contributed by atoms with van der Waals surface area (Å²) in [6.45, 7) is 0. The molecule has 0 saturated heterocycles. The molecule has 0 unspecified atom stereocenters. The van der Waals surface area contributed by atoms with Crippen molar-refractivity contribution in [3.8, 4) is 0 Å². The number of nitrogens with zero attached hydrogens (tertiary/aromatic N) is 1. The predicted molar refractivity (Wildman–Crippen MR) is 79.5 cm³/mol. The van der Waals surface area contributed by atoms with E-state index in [1.807, 2.05) is 19.0 Å². The molecule has 0 spiro atoms. The van der Waals surface area contributed by atoms with Crippen LogP contribution in [0.1, 0.15) is 10.4 Å². The summed E-state index contributed by atoms with van der Waals surface area (Å²) in [5.41, 5.74) is 7.10. The van der Waals surface area contributed by atoms with E-state index >= 15 is 0 Å². The quantitative estimate of drug-likeness (QED) is 0.855. The van der Waals surface area contributed by atoms with E-state index in [-0.39, 0.29) is 11.3 Å². The van der Waals surface area contributed by atoms with Gasteiger partial charge in [-0.3, -0.25) is 4.79 Å². The molecule has 0 heterocycles. The summed E-state index contributed by atoms with van der Waals surface area (Å²) in [5.74, 6) is -2.67. The Morgan fingerprint density at radius 1 is 1.19 bits per heavy atom. The van der Waals surface area contributed by atoms with Gasteiger partial charge in [-0.25, -0.2) is 8.78 Å². The first-order valence-electron chi connectivity index (χ1n) is 6.22. The maximum absolute atomic E-state index is 13.5. The van der Waals surface area contributed by atoms with E-state index in [1.54, 1.807) is 12.1 Å². The van der Waals surface area contributed by atoms with Crippen LogP contribution in [-0.4, -0.2) is 20.0 Å². The molecule has 0 aromatic heterocycles. The van der Waals surface area contributed by atoms with Gasteiger partial charge in [0, 0.05) is 19.7 Å². The average molecular weight is 291 g/mol. The summed E-state index contributed by atoms with van der Waals surface area (Å²) >= 11 is 0. The number of nitrogen functional groups attached to an aromatic ring is 1. The van der Waals surface area contributed by atoms with Crippen LogP contribution in [0.15, 0.2) is 36.4 Å². The maximum atomic E-state index is 13.5. The summed E-state index contributed by atoms with van der Waals surface area (Å²) in [7, 11) is 3.65. The van der Waals surface area contributed by atoms with Crippen molar-refractivity contribution in [1.29, 1.82) is 0 Å². The first-order chi connectivity index (χ1) is 9.90. The van der Waals surface area contributed by atoms with E-state index in [1.165, 1.54) is 18.2 Å². The van der Waals surface area contributed by atoms with Gasteiger partial charge < -0.3 is 16.0 Å². The van der Waals surface area contributed by atoms with Crippen LogP contribution in [0, 0.1) is 11.6 Å². The van der Waals surface area contributed by atoms with Crippen LogP contribution >= 0.6 is 0 Å². The van der Waals surface area contributed by atoms with Crippen molar-refractivity contribution in [2.45, 2.75) is 0 Å². The molecule has 0 aliphatic heterocycles. The Kier molecular flexibility index (Phi) is 4.07. The number of nitrogens with one attached hydrogen (secondary N) is 1. The van der Waals surface area contributed by atoms with Crippen LogP contribution in [0.3, 0.4) is 0 Å². The highest BCUT2D eigenvalue weighted by molar-refractivity contribution is 6.05. The maximum Gasteiger partial charge on any atom is 0.255 e. The molecule has 21 heavy (non-hydrogen) atoms. The minimum Gasteiger partial charge on any atom is -0.397 e. The van der Waals surface area contributed by atoms with Crippen LogP contribution in [0.5, 0.6) is 0 Å². The fourth-order valence-corrected chi connectivity index (χ4v) is 1.90. The van der Waals surface area contributed by atoms with Gasteiger partial charge in [0.1, 0.15) is 0 Å². The normalized spacial score (nSPS) is 10.3. The Balaban J connectivity index is 2.25. The van der Waals surface area contributed by atoms with E-state index in [2.05, 4.69) is 5.32 Å². The Bertz CT molecular complexity index is 687. The molecule has 2 rings (SSSR count). The van der Waals surface area contributed by atoms with Crippen LogP contribution in [-0.2, 0) is 0 Å². The highest BCUT2D eigenvalue weighted by Crippen LogP contribution is 2.23. The standard InChI is InChI=1S/C15H15F2N3O/c1-20(2)13-7-6-9(8-11(13)18)15(21)19-12-5-3-4-10(16)14(12)17/h3-8H,18H2,1-2H3,(H,19,21). The molecule has 2 aromatic rings. The molecule has 0 saturated carbocycles. The summed E-state index contributed by atoms with van der Waals surface area (Å²) in [5, 5.41) is 2.32. The second-order valence-electron chi connectivity index (χ2n) is 4.72. The number of halogens is 2. The van der Waals surface area contributed by atoms with Gasteiger partial charge in [0.25, 0.3) is 5.91 Å². The molecule has 0 radical (unpaired) electrons. The molecule has 0 atom stereocenters. The van der Waals surface area contributed by atoms with Crippen molar-refractivity contribution in [3.63, 3.8) is 0 Å². The second kappa shape index (κ2) is 5.78. The zero-order chi connectivity index (χ0) is 15.6. The summed E-state index contributed by atoms with van der Waals surface area (Å²) in [6, 6.07) is 8.33. The van der Waals surface area contributed by atoms with Gasteiger partial charge in [0.2, 0.25) is 0 Å². The minimum atomic E-state index is -1.09. The number of benzene rings is 2. The van der Waals surface area contributed by atoms with E-state index in [0.29, 0.717) is 5.69 Å². The average Bonchev–Trinajstić information content (AvgIpc) is 2.43. The molecular formula is C15H15F2N3O. The highest BCUT2D eigenvalue weighted by Gasteiger charge is 2.13. The minimum absolute atomic E-state index is 0.213. The number of carbonyl (C=O) groups is 1. The van der Waals surface area contributed by atoms with E-state index in [9.17, 15) is 13.6 Å². The van der Waals surface area contributed by atoms with Crippen LogP contribution in [0.2, 0.25) is 0 Å². The second-order valence-corrected chi connectivity index (χ2v) is 4.72. The highest BCUT2D eigenvalue weighted by atomic mass is 19.2. The fourth-order valence-electron chi connectivity index (χ4n) is 1.90. The molecule has 0 bridgehead atoms. The Labute approximate surface area is 121 Å². The summed E-state index contributed by atoms with van der Waals surface area (Å²) in [4.78, 5) is 13.9. The van der Waals surface area contributed by atoms with Crippen molar-refractivity contribution < 1.29 is 13.6 Å². The molecule has 1 amide bonds. The number of amides is 1. The SMILES string of the molecule is CN(C)c1ccc(C(=O)Nc2cccc(F)c2F)cc1N. The van der Waals surface area contributed by atoms with E-state index in [0.717, 1.165) is 11.8 Å². The van der Waals surface area contributed by atoms with Gasteiger partial charge in [-0.2, -0.15) is 0 Å². The number of carbonyl (C=O) groups excluding carboxylic acids is 1. The number of hydrogen-bond donors (Lipinski definition) is 2. The van der Waals surface area contributed by atoms with Gasteiger partial charge in [-0.05, 0) is 30.3 Å². The molecule has 0 fully saturated rings. The van der Waals surface area contributed by atoms with Crippen LogP contribution in [0.4, 0.5) is 25.8 Å². The first-order valence-corrected chi connectivity index (χ1v) is 6.22. The lowest BCUT2D eigenvalue weighted by Gasteiger charge is -2.16. The zero-order valence-electron chi connectivity index (χ0n) is 11.7. The smallest absolute Gasteiger partial charge is 0.255 e. The molecule has 0 aliphatic carbocycles. The molecule has 110 valence electrons. The topological polar surface area (TPSA) is 58.4 Å². The molecule has 3 N–H and O–H groups in total. The fraction of sp³-hybridized carbons (Fsp3) is 0.133. The van der Waals surface area contributed by atoms with Crippen molar-refractivity contribution in [2.24, 2.45) is 0 Å². The van der Waals surface area contributed by atoms with Crippen molar-refractivity contribution >= 4 is 23.0 Å². The zero-order valence-corrected chi connectivity index (χ0v) is 11.7. The van der Waals surface area contributed by atoms with E-state index in [4.69, 9.17) is 5.73 Å². The van der Waals surface area contributed by atoms with Crippen LogP contribution < -0.4 is 16.0 Å². The lowest BCUT2D eigenvalue weighted by atomic mass is 10.1. The van der Waals surface area contributed by atoms with E-state index < -0.39 is 17.5 Å². The van der Waals surface area contributed by atoms with Gasteiger partial charge in [0.15, 0.2) is 11.6 Å². The van der Waals surface area contributed by atoms with Crippen molar-refractivity contribution in [3.05, 3.63) is 53.6 Å². The number of anilines is 3. The van der Waals surface area contributed by atoms with Gasteiger partial charge in [-0.15, -0.1) is 0 Å². The van der Waals surface area contributed by atoms with Gasteiger partial charge >= 0.3 is 0 Å². The molecule has 0 aliphatic rings. The molecular weight excluding hydrogens is 276 g/mol. The third-order valence-corrected chi connectivity index (χ3v) is 2.97. The number of nitrogens with two attached hydrogens (primary N) is 1. The largest absolute Gasteiger partial charge is 0.397 e. The molecule has 6 heteroatoms. The monoisotopic (exact) mass is 291 g/mol.